The van der Waals surface area contributed by atoms with E-state index in [-0.39, 0.29) is 10.9 Å². The van der Waals surface area contributed by atoms with Crippen molar-refractivity contribution in [2.24, 2.45) is 0 Å². The number of para-hydroxylation sites is 1. The molecule has 7 nitrogen and oxygen atoms in total. The van der Waals surface area contributed by atoms with Crippen LogP contribution in [0.5, 0.6) is 0 Å². The van der Waals surface area contributed by atoms with E-state index in [4.69, 9.17) is 0 Å². The molecule has 2 N–H and O–H groups in total. The Morgan fingerprint density at radius 1 is 1.18 bits per heavy atom. The maximum Gasteiger partial charge on any atom is 0.272 e. The topological polar surface area (TPSA) is 96.3 Å². The van der Waals surface area contributed by atoms with Crippen molar-refractivity contribution in [3.8, 4) is 0 Å². The molecule has 144 valence electrons. The minimum Gasteiger partial charge on any atom is -0.358 e. The predicted octanol–water partition coefficient (Wildman–Crippen LogP) is 2.50. The first-order valence-corrected chi connectivity index (χ1v) is 10.8. The van der Waals surface area contributed by atoms with Gasteiger partial charge in [0.15, 0.2) is 5.69 Å². The number of benzene rings is 1. The predicted molar refractivity (Wildman–Crippen MR) is 107 cm³/mol. The summed E-state index contributed by atoms with van der Waals surface area (Å²) in [5.74, 6) is -0.393. The molecule has 0 atom stereocenters. The van der Waals surface area contributed by atoms with Gasteiger partial charge < -0.3 is 10.3 Å². The van der Waals surface area contributed by atoms with Crippen molar-refractivity contribution in [2.45, 2.75) is 18.5 Å². The van der Waals surface area contributed by atoms with Gasteiger partial charge in [-0.25, -0.2) is 13.4 Å². The fourth-order valence-electron chi connectivity index (χ4n) is 3.48. The van der Waals surface area contributed by atoms with E-state index in [1.54, 1.807) is 24.4 Å². The Kier molecular flexibility index (Phi) is 4.43. The zero-order valence-corrected chi connectivity index (χ0v) is 16.4. The number of hydrogen-bond acceptors (Lipinski definition) is 4. The van der Waals surface area contributed by atoms with Gasteiger partial charge in [-0.15, -0.1) is 0 Å². The number of aryl methyl sites for hydroxylation is 1. The molecule has 4 rings (SSSR count). The maximum absolute atomic E-state index is 12.7. The Bertz CT molecular complexity index is 1300. The van der Waals surface area contributed by atoms with Gasteiger partial charge in [-0.05, 0) is 37.1 Å². The third-order valence-electron chi connectivity index (χ3n) is 4.75. The molecule has 28 heavy (non-hydrogen) atoms. The van der Waals surface area contributed by atoms with Crippen LogP contribution in [0.4, 0.5) is 0 Å². The number of fused-ring (bicyclic) bond motifs is 2. The molecule has 4 aromatic rings. The van der Waals surface area contributed by atoms with Crippen molar-refractivity contribution in [3.63, 3.8) is 0 Å². The van der Waals surface area contributed by atoms with E-state index in [9.17, 15) is 13.2 Å². The number of amides is 1. The van der Waals surface area contributed by atoms with Gasteiger partial charge in [0, 0.05) is 35.6 Å². The minimum absolute atomic E-state index is 0.108. The average molecular weight is 396 g/mol. The Labute approximate surface area is 162 Å². The van der Waals surface area contributed by atoms with Crippen LogP contribution in [0, 0.1) is 6.92 Å². The van der Waals surface area contributed by atoms with E-state index in [1.165, 1.54) is 4.40 Å². The van der Waals surface area contributed by atoms with Crippen LogP contribution >= 0.6 is 0 Å². The highest BCUT2D eigenvalue weighted by Crippen LogP contribution is 2.22. The standard InChI is InChI=1S/C20H20N4O3S/c1-13-14(15-7-3-4-8-16(15)22-13)10-11-21-19(25)18-17-9-5-6-12-24(17)20(23-18)28(2,26)27/h3-9,12,22H,10-11H2,1-2H3,(H,21,25). The highest BCUT2D eigenvalue weighted by Gasteiger charge is 2.22. The molecule has 8 heteroatoms. The highest BCUT2D eigenvalue weighted by atomic mass is 32.2. The van der Waals surface area contributed by atoms with Crippen molar-refractivity contribution >= 4 is 32.2 Å². The molecule has 0 aliphatic heterocycles. The van der Waals surface area contributed by atoms with Gasteiger partial charge >= 0.3 is 0 Å². The molecule has 1 aromatic carbocycles. The van der Waals surface area contributed by atoms with Gasteiger partial charge in [0.1, 0.15) is 0 Å². The summed E-state index contributed by atoms with van der Waals surface area (Å²) < 4.78 is 25.4. The van der Waals surface area contributed by atoms with Crippen molar-refractivity contribution in [1.82, 2.24) is 19.7 Å². The molecule has 0 saturated heterocycles. The summed E-state index contributed by atoms with van der Waals surface area (Å²) in [5.41, 5.74) is 3.87. The second kappa shape index (κ2) is 6.79. The lowest BCUT2D eigenvalue weighted by Crippen LogP contribution is -2.26. The zero-order valence-electron chi connectivity index (χ0n) is 15.6. The minimum atomic E-state index is -3.56. The van der Waals surface area contributed by atoms with Crippen LogP contribution in [0.3, 0.4) is 0 Å². The van der Waals surface area contributed by atoms with E-state index in [0.29, 0.717) is 18.5 Å². The van der Waals surface area contributed by atoms with E-state index in [0.717, 1.165) is 28.4 Å². The van der Waals surface area contributed by atoms with Crippen LogP contribution in [-0.4, -0.2) is 41.5 Å². The number of nitrogens with zero attached hydrogens (tertiary/aromatic N) is 2. The molecule has 0 aliphatic rings. The van der Waals surface area contributed by atoms with E-state index in [1.807, 2.05) is 25.1 Å². The number of hydrogen-bond donors (Lipinski definition) is 2. The summed E-state index contributed by atoms with van der Waals surface area (Å²) in [4.78, 5) is 20.1. The summed E-state index contributed by atoms with van der Waals surface area (Å²) in [7, 11) is -3.56. The molecule has 0 aliphatic carbocycles. The summed E-state index contributed by atoms with van der Waals surface area (Å²) in [6.07, 6.45) is 3.33. The Balaban J connectivity index is 1.57. The number of nitrogens with one attached hydrogen (secondary N) is 2. The van der Waals surface area contributed by atoms with Gasteiger partial charge in [-0.3, -0.25) is 9.20 Å². The normalized spacial score (nSPS) is 11.9. The van der Waals surface area contributed by atoms with Crippen LogP contribution in [0.2, 0.25) is 0 Å². The second-order valence-electron chi connectivity index (χ2n) is 6.75. The van der Waals surface area contributed by atoms with E-state index >= 15 is 0 Å². The number of aromatic nitrogens is 3. The smallest absolute Gasteiger partial charge is 0.272 e. The molecular formula is C20H20N4O3S. The van der Waals surface area contributed by atoms with Crippen LogP contribution in [-0.2, 0) is 16.3 Å². The average Bonchev–Trinajstić information content (AvgIpc) is 3.20. The van der Waals surface area contributed by atoms with Gasteiger partial charge in [0.2, 0.25) is 15.0 Å². The molecule has 0 unspecified atom stereocenters. The van der Waals surface area contributed by atoms with Crippen LogP contribution in [0.15, 0.2) is 53.8 Å². The largest absolute Gasteiger partial charge is 0.358 e. The maximum atomic E-state index is 12.7. The quantitative estimate of drug-likeness (QED) is 0.542. The fraction of sp³-hybridized carbons (Fsp3) is 0.200. The van der Waals surface area contributed by atoms with Crippen LogP contribution < -0.4 is 5.32 Å². The van der Waals surface area contributed by atoms with Crippen molar-refractivity contribution in [3.05, 3.63) is 65.6 Å². The van der Waals surface area contributed by atoms with Gasteiger partial charge in [0.05, 0.1) is 5.52 Å². The van der Waals surface area contributed by atoms with Gasteiger partial charge in [-0.1, -0.05) is 24.3 Å². The van der Waals surface area contributed by atoms with Crippen LogP contribution in [0.25, 0.3) is 16.4 Å². The number of pyridine rings is 1. The Morgan fingerprint density at radius 3 is 2.71 bits per heavy atom. The van der Waals surface area contributed by atoms with Crippen LogP contribution in [0.1, 0.15) is 21.7 Å². The zero-order chi connectivity index (χ0) is 19.9. The molecule has 3 aromatic heterocycles. The summed E-state index contributed by atoms with van der Waals surface area (Å²) in [5, 5.41) is 3.86. The van der Waals surface area contributed by atoms with Gasteiger partial charge in [-0.2, -0.15) is 0 Å². The second-order valence-corrected chi connectivity index (χ2v) is 8.66. The molecule has 0 bridgehead atoms. The lowest BCUT2D eigenvalue weighted by Gasteiger charge is -2.05. The molecule has 0 saturated carbocycles. The first-order chi connectivity index (χ1) is 13.4. The fourth-order valence-corrected chi connectivity index (χ4v) is 4.25. The van der Waals surface area contributed by atoms with E-state index in [2.05, 4.69) is 21.4 Å². The first-order valence-electron chi connectivity index (χ1n) is 8.88. The molecule has 0 fully saturated rings. The monoisotopic (exact) mass is 396 g/mol. The van der Waals surface area contributed by atoms with E-state index < -0.39 is 15.7 Å². The Hall–Kier alpha value is -3.13. The lowest BCUT2D eigenvalue weighted by atomic mass is 10.1. The third-order valence-corrected chi connectivity index (χ3v) is 5.70. The molecule has 0 spiro atoms. The number of rotatable bonds is 5. The van der Waals surface area contributed by atoms with Gasteiger partial charge in [0.25, 0.3) is 5.91 Å². The summed E-state index contributed by atoms with van der Waals surface area (Å²) in [6.45, 7) is 2.43. The number of H-pyrrole nitrogens is 1. The van der Waals surface area contributed by atoms with Crippen molar-refractivity contribution in [2.75, 3.05) is 12.8 Å². The Morgan fingerprint density at radius 2 is 1.93 bits per heavy atom. The number of carbonyl (C=O) groups excluding carboxylic acids is 1. The SMILES string of the molecule is Cc1[nH]c2ccccc2c1CCNC(=O)c1nc(S(C)(=O)=O)n2ccccc12. The highest BCUT2D eigenvalue weighted by molar-refractivity contribution is 7.90. The number of aromatic amines is 1. The molecule has 0 radical (unpaired) electrons. The summed E-state index contributed by atoms with van der Waals surface area (Å²) in [6, 6.07) is 13.2. The molecular weight excluding hydrogens is 376 g/mol. The molecule has 3 heterocycles. The van der Waals surface area contributed by atoms with Crippen molar-refractivity contribution in [1.29, 1.82) is 0 Å². The van der Waals surface area contributed by atoms with Crippen molar-refractivity contribution < 1.29 is 13.2 Å². The summed E-state index contributed by atoms with van der Waals surface area (Å²) >= 11 is 0. The molecule has 1 amide bonds. The number of imidazole rings is 1. The lowest BCUT2D eigenvalue weighted by molar-refractivity contribution is 0.0951. The first kappa shape index (κ1) is 18.2. The number of sulfone groups is 1. The number of carbonyl (C=O) groups is 1. The third kappa shape index (κ3) is 3.16.